The Kier molecular flexibility index (Phi) is 1.63. The molecule has 0 fully saturated rings. The summed E-state index contributed by atoms with van der Waals surface area (Å²) in [6.07, 6.45) is 8.24. The number of hydrogen-bond donors (Lipinski definition) is 0. The molecule has 1 heterocycles. The minimum absolute atomic E-state index is 0.317. The number of hydrogen-bond acceptors (Lipinski definition) is 2. The highest BCUT2D eigenvalue weighted by Crippen LogP contribution is 2.34. The lowest BCUT2D eigenvalue weighted by Gasteiger charge is -1.99. The number of carbonyl (C=O) groups excluding carboxylic acids is 1. The van der Waals surface area contributed by atoms with E-state index in [0.717, 1.165) is 36.8 Å². The van der Waals surface area contributed by atoms with Gasteiger partial charge in [-0.05, 0) is 36.8 Å². The monoisotopic (exact) mass is 188 g/mol. The van der Waals surface area contributed by atoms with Gasteiger partial charge >= 0.3 is 0 Å². The first-order valence-corrected chi connectivity index (χ1v) is 5.12. The molecule has 2 aliphatic carbocycles. The molecule has 72 valence electrons. The molecule has 0 saturated heterocycles. The zero-order chi connectivity index (χ0) is 9.54. The van der Waals surface area contributed by atoms with Crippen molar-refractivity contribution >= 4 is 5.78 Å². The van der Waals surface area contributed by atoms with Gasteiger partial charge < -0.3 is 4.42 Å². The van der Waals surface area contributed by atoms with E-state index in [9.17, 15) is 4.79 Å². The molecule has 1 aromatic heterocycles. The number of allylic oxidation sites excluding steroid dienone is 2. The van der Waals surface area contributed by atoms with Gasteiger partial charge in [-0.2, -0.15) is 0 Å². The summed E-state index contributed by atoms with van der Waals surface area (Å²) in [6.45, 7) is 0. The summed E-state index contributed by atoms with van der Waals surface area (Å²) in [4.78, 5) is 11.9. The lowest BCUT2D eigenvalue weighted by molar-refractivity contribution is -0.115. The van der Waals surface area contributed by atoms with Crippen LogP contribution in [0.25, 0.3) is 0 Å². The van der Waals surface area contributed by atoms with Crippen LogP contribution in [-0.4, -0.2) is 5.78 Å². The lowest BCUT2D eigenvalue weighted by atomic mass is 10.1. The van der Waals surface area contributed by atoms with Crippen molar-refractivity contribution in [2.45, 2.75) is 32.1 Å². The van der Waals surface area contributed by atoms with Gasteiger partial charge in [-0.15, -0.1) is 0 Å². The quantitative estimate of drug-likeness (QED) is 0.626. The van der Waals surface area contributed by atoms with Gasteiger partial charge in [-0.3, -0.25) is 4.79 Å². The summed E-state index contributed by atoms with van der Waals surface area (Å²) in [6, 6.07) is 0. The Morgan fingerprint density at radius 1 is 1.07 bits per heavy atom. The largest absolute Gasteiger partial charge is 0.472 e. The van der Waals surface area contributed by atoms with Gasteiger partial charge in [0.2, 0.25) is 0 Å². The van der Waals surface area contributed by atoms with E-state index in [1.54, 1.807) is 12.5 Å². The average Bonchev–Trinajstić information content (AvgIpc) is 2.75. The Morgan fingerprint density at radius 3 is 2.71 bits per heavy atom. The van der Waals surface area contributed by atoms with Crippen molar-refractivity contribution in [1.29, 1.82) is 0 Å². The van der Waals surface area contributed by atoms with Gasteiger partial charge in [0.1, 0.15) is 0 Å². The van der Waals surface area contributed by atoms with Crippen LogP contribution in [0.5, 0.6) is 0 Å². The van der Waals surface area contributed by atoms with Crippen LogP contribution in [0.4, 0.5) is 0 Å². The van der Waals surface area contributed by atoms with Crippen molar-refractivity contribution < 1.29 is 9.21 Å². The topological polar surface area (TPSA) is 30.2 Å². The van der Waals surface area contributed by atoms with E-state index in [1.807, 2.05) is 0 Å². The molecule has 0 N–H and O–H groups in total. The van der Waals surface area contributed by atoms with E-state index in [0.29, 0.717) is 12.2 Å². The second-order valence-electron chi connectivity index (χ2n) is 4.13. The minimum atomic E-state index is 0.317. The zero-order valence-electron chi connectivity index (χ0n) is 8.01. The Bertz CT molecular complexity index is 423. The number of furan rings is 1. The maximum absolute atomic E-state index is 11.9. The van der Waals surface area contributed by atoms with E-state index >= 15 is 0 Å². The van der Waals surface area contributed by atoms with Gasteiger partial charge in [-0.1, -0.05) is 5.57 Å². The SMILES string of the molecule is O=C1Cc2cocc2CC2=C1CCC2. The van der Waals surface area contributed by atoms with E-state index in [2.05, 4.69) is 0 Å². The molecule has 1 aromatic rings. The molecule has 0 amide bonds. The van der Waals surface area contributed by atoms with Gasteiger partial charge in [0, 0.05) is 12.0 Å². The van der Waals surface area contributed by atoms with E-state index in [-0.39, 0.29) is 0 Å². The van der Waals surface area contributed by atoms with Crippen molar-refractivity contribution in [2.75, 3.05) is 0 Å². The molecule has 0 spiro atoms. The summed E-state index contributed by atoms with van der Waals surface area (Å²) in [7, 11) is 0. The summed E-state index contributed by atoms with van der Waals surface area (Å²) in [5.41, 5.74) is 4.77. The predicted octanol–water partition coefficient (Wildman–Crippen LogP) is 2.43. The Morgan fingerprint density at radius 2 is 1.86 bits per heavy atom. The van der Waals surface area contributed by atoms with Crippen molar-refractivity contribution in [3.8, 4) is 0 Å². The predicted molar refractivity (Wildman–Crippen MR) is 52.0 cm³/mol. The molecule has 0 bridgehead atoms. The summed E-state index contributed by atoms with van der Waals surface area (Å²) >= 11 is 0. The highest BCUT2D eigenvalue weighted by Gasteiger charge is 2.26. The number of rotatable bonds is 0. The molecular formula is C12H12O2. The molecule has 3 rings (SSSR count). The molecule has 2 heteroatoms. The van der Waals surface area contributed by atoms with E-state index in [4.69, 9.17) is 4.42 Å². The normalized spacial score (nSPS) is 20.7. The molecule has 0 aromatic carbocycles. The summed E-state index contributed by atoms with van der Waals surface area (Å²) < 4.78 is 5.14. The molecular weight excluding hydrogens is 176 g/mol. The number of carbonyl (C=O) groups is 1. The van der Waals surface area contributed by atoms with Gasteiger partial charge in [0.25, 0.3) is 0 Å². The first-order chi connectivity index (χ1) is 6.84. The molecule has 0 unspecified atom stereocenters. The second-order valence-corrected chi connectivity index (χ2v) is 4.13. The van der Waals surface area contributed by atoms with Crippen LogP contribution in [0.2, 0.25) is 0 Å². The maximum Gasteiger partial charge on any atom is 0.163 e. The smallest absolute Gasteiger partial charge is 0.163 e. The third kappa shape index (κ3) is 1.07. The van der Waals surface area contributed by atoms with Gasteiger partial charge in [-0.25, -0.2) is 0 Å². The minimum Gasteiger partial charge on any atom is -0.472 e. The molecule has 2 nitrogen and oxygen atoms in total. The van der Waals surface area contributed by atoms with Crippen molar-refractivity contribution in [3.63, 3.8) is 0 Å². The van der Waals surface area contributed by atoms with E-state index < -0.39 is 0 Å². The van der Waals surface area contributed by atoms with Crippen molar-refractivity contribution in [2.24, 2.45) is 0 Å². The third-order valence-electron chi connectivity index (χ3n) is 3.26. The van der Waals surface area contributed by atoms with Gasteiger partial charge in [0.15, 0.2) is 5.78 Å². The van der Waals surface area contributed by atoms with Crippen LogP contribution in [0, 0.1) is 0 Å². The first kappa shape index (κ1) is 8.04. The van der Waals surface area contributed by atoms with Crippen LogP contribution in [0.1, 0.15) is 30.4 Å². The van der Waals surface area contributed by atoms with Crippen LogP contribution in [0.3, 0.4) is 0 Å². The molecule has 14 heavy (non-hydrogen) atoms. The second kappa shape index (κ2) is 2.84. The van der Waals surface area contributed by atoms with Crippen LogP contribution >= 0.6 is 0 Å². The molecule has 0 saturated carbocycles. The standard InChI is InChI=1S/C12H12O2/c13-12-5-10-7-14-6-9(10)4-8-2-1-3-11(8)12/h6-7H,1-5H2. The fraction of sp³-hybridized carbons (Fsp3) is 0.417. The first-order valence-electron chi connectivity index (χ1n) is 5.12. The zero-order valence-corrected chi connectivity index (χ0v) is 8.01. The Balaban J connectivity index is 2.08. The molecule has 2 aliphatic rings. The summed E-state index contributed by atoms with van der Waals surface area (Å²) in [5, 5.41) is 0. The highest BCUT2D eigenvalue weighted by molar-refractivity contribution is 5.98. The molecule has 0 atom stereocenters. The number of fused-ring (bicyclic) bond motifs is 1. The third-order valence-corrected chi connectivity index (χ3v) is 3.26. The van der Waals surface area contributed by atoms with E-state index in [1.165, 1.54) is 11.1 Å². The number of Topliss-reactive ketones (excluding diaryl/α,β-unsaturated/α-hetero) is 1. The molecule has 0 aliphatic heterocycles. The average molecular weight is 188 g/mol. The number of ketones is 1. The lowest BCUT2D eigenvalue weighted by Crippen LogP contribution is -2.03. The molecule has 0 radical (unpaired) electrons. The van der Waals surface area contributed by atoms with Crippen molar-refractivity contribution in [1.82, 2.24) is 0 Å². The fourth-order valence-corrected chi connectivity index (χ4v) is 2.51. The van der Waals surface area contributed by atoms with Crippen LogP contribution < -0.4 is 0 Å². The Hall–Kier alpha value is -1.31. The highest BCUT2D eigenvalue weighted by atomic mass is 16.3. The summed E-state index contributed by atoms with van der Waals surface area (Å²) in [5.74, 6) is 0.317. The van der Waals surface area contributed by atoms with Crippen LogP contribution in [-0.2, 0) is 17.6 Å². The Labute approximate surface area is 82.6 Å². The van der Waals surface area contributed by atoms with Crippen LogP contribution in [0.15, 0.2) is 28.1 Å². The fourth-order valence-electron chi connectivity index (χ4n) is 2.51. The van der Waals surface area contributed by atoms with Gasteiger partial charge in [0.05, 0.1) is 12.5 Å². The maximum atomic E-state index is 11.9. The van der Waals surface area contributed by atoms with Crippen molar-refractivity contribution in [3.05, 3.63) is 34.8 Å².